The van der Waals surface area contributed by atoms with Crippen LogP contribution in [0.3, 0.4) is 0 Å². The lowest BCUT2D eigenvalue weighted by Crippen LogP contribution is -2.18. The van der Waals surface area contributed by atoms with Crippen LogP contribution in [0.2, 0.25) is 0 Å². The predicted octanol–water partition coefficient (Wildman–Crippen LogP) is 1.83. The van der Waals surface area contributed by atoms with Gasteiger partial charge in [0.25, 0.3) is 0 Å². The molecule has 2 aromatic heterocycles. The minimum atomic E-state index is -0.979. The van der Waals surface area contributed by atoms with E-state index in [0.29, 0.717) is 17.3 Å². The van der Waals surface area contributed by atoms with E-state index < -0.39 is 12.0 Å². The second-order valence-corrected chi connectivity index (χ2v) is 4.37. The van der Waals surface area contributed by atoms with Gasteiger partial charge in [-0.3, -0.25) is 4.79 Å². The molecule has 0 amide bonds. The van der Waals surface area contributed by atoms with Gasteiger partial charge in [0.1, 0.15) is 17.3 Å². The number of furan rings is 1. The quantitative estimate of drug-likeness (QED) is 0.870. The summed E-state index contributed by atoms with van der Waals surface area (Å²) in [6, 6.07) is 4.69. The van der Waals surface area contributed by atoms with E-state index in [1.165, 1.54) is 0 Å². The van der Waals surface area contributed by atoms with Crippen molar-refractivity contribution in [3.05, 3.63) is 35.5 Å². The summed E-state index contributed by atoms with van der Waals surface area (Å²) < 4.78 is 5.49. The number of hydrogen-bond donors (Lipinski definition) is 2. The second-order valence-electron chi connectivity index (χ2n) is 4.37. The van der Waals surface area contributed by atoms with E-state index >= 15 is 0 Å². The van der Waals surface area contributed by atoms with Crippen molar-refractivity contribution in [1.82, 2.24) is 9.97 Å². The molecule has 100 valence electrons. The van der Waals surface area contributed by atoms with E-state index in [4.69, 9.17) is 15.3 Å². The van der Waals surface area contributed by atoms with Gasteiger partial charge in [-0.05, 0) is 32.0 Å². The minimum Gasteiger partial charge on any atom is -0.481 e. The summed E-state index contributed by atoms with van der Waals surface area (Å²) in [6.45, 7) is 3.65. The van der Waals surface area contributed by atoms with Gasteiger partial charge in [0.05, 0.1) is 12.5 Å². The highest BCUT2D eigenvalue weighted by atomic mass is 16.4. The summed E-state index contributed by atoms with van der Waals surface area (Å²) in [5.41, 5.74) is 7.11. The molecule has 0 spiro atoms. The van der Waals surface area contributed by atoms with Crippen molar-refractivity contribution in [1.29, 1.82) is 0 Å². The lowest BCUT2D eigenvalue weighted by atomic mass is 10.2. The first kappa shape index (κ1) is 13.2. The molecule has 0 aliphatic rings. The average Bonchev–Trinajstić information content (AvgIpc) is 2.74. The van der Waals surface area contributed by atoms with Crippen LogP contribution in [-0.4, -0.2) is 21.0 Å². The number of aliphatic carboxylic acids is 1. The first-order valence-electron chi connectivity index (χ1n) is 5.85. The van der Waals surface area contributed by atoms with Gasteiger partial charge in [-0.25, -0.2) is 9.97 Å². The normalized spacial score (nSPS) is 12.4. The Morgan fingerprint density at radius 2 is 2.16 bits per heavy atom. The molecule has 0 radical (unpaired) electrons. The average molecular weight is 261 g/mol. The zero-order valence-corrected chi connectivity index (χ0v) is 10.8. The first-order chi connectivity index (χ1) is 8.95. The Labute approximate surface area is 110 Å². The van der Waals surface area contributed by atoms with Gasteiger partial charge in [0, 0.05) is 5.69 Å². The fraction of sp³-hybridized carbons (Fsp3) is 0.308. The highest BCUT2D eigenvalue weighted by Crippen LogP contribution is 2.22. The van der Waals surface area contributed by atoms with Crippen molar-refractivity contribution in [2.75, 3.05) is 0 Å². The van der Waals surface area contributed by atoms with Gasteiger partial charge < -0.3 is 15.3 Å². The standard InChI is InChI=1S/C13H15N3O3/c1-7-5-10(11-4-3-8(2)19-11)16-13(15-7)9(14)6-12(17)18/h3-5,9H,6,14H2,1-2H3,(H,17,18). The van der Waals surface area contributed by atoms with Crippen molar-refractivity contribution >= 4 is 5.97 Å². The van der Waals surface area contributed by atoms with Crippen molar-refractivity contribution < 1.29 is 14.3 Å². The van der Waals surface area contributed by atoms with Gasteiger partial charge in [0.2, 0.25) is 0 Å². The fourth-order valence-electron chi connectivity index (χ4n) is 1.74. The van der Waals surface area contributed by atoms with Crippen LogP contribution in [0.4, 0.5) is 0 Å². The number of carbonyl (C=O) groups is 1. The molecular formula is C13H15N3O3. The van der Waals surface area contributed by atoms with Crippen LogP contribution in [0, 0.1) is 13.8 Å². The summed E-state index contributed by atoms with van der Waals surface area (Å²) in [5, 5.41) is 8.75. The molecule has 6 heteroatoms. The van der Waals surface area contributed by atoms with Crippen LogP contribution in [0.15, 0.2) is 22.6 Å². The second kappa shape index (κ2) is 5.19. The van der Waals surface area contributed by atoms with Gasteiger partial charge in [-0.2, -0.15) is 0 Å². The van der Waals surface area contributed by atoms with Gasteiger partial charge in [0.15, 0.2) is 5.76 Å². The number of aryl methyl sites for hydroxylation is 2. The maximum Gasteiger partial charge on any atom is 0.305 e. The molecule has 0 saturated heterocycles. The lowest BCUT2D eigenvalue weighted by Gasteiger charge is -2.09. The Morgan fingerprint density at radius 3 is 2.74 bits per heavy atom. The van der Waals surface area contributed by atoms with Gasteiger partial charge in [-0.15, -0.1) is 0 Å². The Bertz CT molecular complexity index is 607. The lowest BCUT2D eigenvalue weighted by molar-refractivity contribution is -0.137. The third-order valence-corrected chi connectivity index (χ3v) is 2.59. The summed E-state index contributed by atoms with van der Waals surface area (Å²) >= 11 is 0. The van der Waals surface area contributed by atoms with Gasteiger partial charge >= 0.3 is 5.97 Å². The molecule has 0 aliphatic heterocycles. The van der Waals surface area contributed by atoms with Crippen molar-refractivity contribution in [3.63, 3.8) is 0 Å². The molecule has 1 atom stereocenters. The van der Waals surface area contributed by atoms with Crippen LogP contribution in [0.1, 0.15) is 29.7 Å². The number of nitrogens with zero attached hydrogens (tertiary/aromatic N) is 2. The SMILES string of the molecule is Cc1cc(-c2ccc(C)o2)nc(C(N)CC(=O)O)n1. The van der Waals surface area contributed by atoms with Crippen molar-refractivity contribution in [3.8, 4) is 11.5 Å². The van der Waals surface area contributed by atoms with Crippen molar-refractivity contribution in [2.24, 2.45) is 5.73 Å². The van der Waals surface area contributed by atoms with E-state index in [1.807, 2.05) is 19.1 Å². The molecular weight excluding hydrogens is 246 g/mol. The Morgan fingerprint density at radius 1 is 1.42 bits per heavy atom. The summed E-state index contributed by atoms with van der Waals surface area (Å²) in [4.78, 5) is 19.1. The number of nitrogens with two attached hydrogens (primary N) is 1. The largest absolute Gasteiger partial charge is 0.481 e. The molecule has 6 nitrogen and oxygen atoms in total. The topological polar surface area (TPSA) is 102 Å². The van der Waals surface area contributed by atoms with E-state index in [9.17, 15) is 4.79 Å². The van der Waals surface area contributed by atoms with Crippen LogP contribution < -0.4 is 5.73 Å². The number of rotatable bonds is 4. The predicted molar refractivity (Wildman–Crippen MR) is 68.4 cm³/mol. The third kappa shape index (κ3) is 3.17. The monoisotopic (exact) mass is 261 g/mol. The highest BCUT2D eigenvalue weighted by molar-refractivity contribution is 5.67. The molecule has 1 unspecified atom stereocenters. The molecule has 0 saturated carbocycles. The van der Waals surface area contributed by atoms with Crippen LogP contribution in [0.25, 0.3) is 11.5 Å². The minimum absolute atomic E-state index is 0.208. The Kier molecular flexibility index (Phi) is 3.62. The van der Waals surface area contributed by atoms with Crippen molar-refractivity contribution in [2.45, 2.75) is 26.3 Å². The molecule has 0 bridgehead atoms. The number of carboxylic acid groups (broad SMARTS) is 1. The number of aromatic nitrogens is 2. The maximum atomic E-state index is 10.7. The van der Waals surface area contributed by atoms with Crippen LogP contribution in [0.5, 0.6) is 0 Å². The fourth-order valence-corrected chi connectivity index (χ4v) is 1.74. The summed E-state index contributed by atoms with van der Waals surface area (Å²) in [7, 11) is 0. The molecule has 2 rings (SSSR count). The number of hydrogen-bond acceptors (Lipinski definition) is 5. The summed E-state index contributed by atoms with van der Waals surface area (Å²) in [6.07, 6.45) is -0.208. The zero-order valence-electron chi connectivity index (χ0n) is 10.8. The smallest absolute Gasteiger partial charge is 0.305 e. The van der Waals surface area contributed by atoms with Crippen LogP contribution in [-0.2, 0) is 4.79 Å². The summed E-state index contributed by atoms with van der Waals surface area (Å²) in [5.74, 6) is 0.730. The third-order valence-electron chi connectivity index (χ3n) is 2.59. The molecule has 2 aromatic rings. The van der Waals surface area contributed by atoms with E-state index in [2.05, 4.69) is 9.97 Å². The van der Waals surface area contributed by atoms with Crippen LogP contribution >= 0.6 is 0 Å². The van der Waals surface area contributed by atoms with Gasteiger partial charge in [-0.1, -0.05) is 0 Å². The number of carboxylic acids is 1. The molecule has 19 heavy (non-hydrogen) atoms. The maximum absolute atomic E-state index is 10.7. The zero-order chi connectivity index (χ0) is 14.0. The highest BCUT2D eigenvalue weighted by Gasteiger charge is 2.16. The Hall–Kier alpha value is -2.21. The molecule has 0 aliphatic carbocycles. The molecule has 2 heterocycles. The Balaban J connectivity index is 2.37. The molecule has 3 N–H and O–H groups in total. The first-order valence-corrected chi connectivity index (χ1v) is 5.85. The van der Waals surface area contributed by atoms with E-state index in [-0.39, 0.29) is 6.42 Å². The van der Waals surface area contributed by atoms with E-state index in [0.717, 1.165) is 11.5 Å². The molecule has 0 fully saturated rings. The molecule has 0 aromatic carbocycles. The van der Waals surface area contributed by atoms with E-state index in [1.54, 1.807) is 13.0 Å².